The molecule has 160 valence electrons. The van der Waals surface area contributed by atoms with Crippen LogP contribution in [0.25, 0.3) is 0 Å². The molecule has 0 fully saturated rings. The Morgan fingerprint density at radius 1 is 1.00 bits per heavy atom. The molecule has 0 aliphatic carbocycles. The van der Waals surface area contributed by atoms with Crippen molar-refractivity contribution >= 4 is 29.6 Å². The van der Waals surface area contributed by atoms with Gasteiger partial charge < -0.3 is 19.9 Å². The molecule has 8 heteroatoms. The third-order valence-electron chi connectivity index (χ3n) is 4.28. The number of carboxylic acid groups (broad SMARTS) is 1. The van der Waals surface area contributed by atoms with Crippen molar-refractivity contribution in [2.45, 2.75) is 38.4 Å². The zero-order valence-electron chi connectivity index (χ0n) is 16.5. The Labute approximate surface area is 179 Å². The van der Waals surface area contributed by atoms with Gasteiger partial charge in [0.25, 0.3) is 0 Å². The van der Waals surface area contributed by atoms with Crippen LogP contribution in [0.4, 0.5) is 4.79 Å². The van der Waals surface area contributed by atoms with Crippen LogP contribution >= 0.6 is 11.6 Å². The van der Waals surface area contributed by atoms with E-state index < -0.39 is 30.2 Å². The van der Waals surface area contributed by atoms with E-state index in [2.05, 4.69) is 5.32 Å². The molecule has 0 aliphatic heterocycles. The Balaban J connectivity index is 1.86. The van der Waals surface area contributed by atoms with Crippen LogP contribution in [0.1, 0.15) is 48.0 Å². The first-order valence-corrected chi connectivity index (χ1v) is 9.97. The maximum Gasteiger partial charge on any atom is 0.410 e. The number of hydrogen-bond donors (Lipinski definition) is 2. The molecule has 30 heavy (non-hydrogen) atoms. The molecule has 2 rings (SSSR count). The molecule has 0 aliphatic rings. The van der Waals surface area contributed by atoms with E-state index in [1.165, 1.54) is 0 Å². The molecule has 2 aromatic carbocycles. The van der Waals surface area contributed by atoms with Gasteiger partial charge in [-0.05, 0) is 42.7 Å². The Morgan fingerprint density at radius 2 is 1.67 bits per heavy atom. The van der Waals surface area contributed by atoms with Crippen LogP contribution < -0.4 is 5.32 Å². The summed E-state index contributed by atoms with van der Waals surface area (Å²) >= 11 is 5.83. The van der Waals surface area contributed by atoms with E-state index in [4.69, 9.17) is 21.1 Å². The molecule has 0 heterocycles. The predicted molar refractivity (Wildman–Crippen MR) is 111 cm³/mol. The van der Waals surface area contributed by atoms with E-state index in [1.54, 1.807) is 54.6 Å². The van der Waals surface area contributed by atoms with Crippen molar-refractivity contribution < 1.29 is 29.0 Å². The van der Waals surface area contributed by atoms with Crippen molar-refractivity contribution in [1.29, 1.82) is 0 Å². The van der Waals surface area contributed by atoms with Gasteiger partial charge >= 0.3 is 18.0 Å². The number of benzene rings is 2. The largest absolute Gasteiger partial charge is 0.481 e. The van der Waals surface area contributed by atoms with Gasteiger partial charge in [0.15, 0.2) is 0 Å². The Hall–Kier alpha value is -3.06. The highest BCUT2D eigenvalue weighted by Crippen LogP contribution is 2.21. The van der Waals surface area contributed by atoms with Gasteiger partial charge in [-0.15, -0.1) is 0 Å². The van der Waals surface area contributed by atoms with Crippen LogP contribution in [-0.2, 0) is 14.3 Å². The first-order chi connectivity index (χ1) is 14.4. The van der Waals surface area contributed by atoms with Crippen LogP contribution in [0, 0.1) is 0 Å². The maximum absolute atomic E-state index is 12.2. The summed E-state index contributed by atoms with van der Waals surface area (Å²) in [6.45, 7) is 1.94. The number of carboxylic acids is 1. The van der Waals surface area contributed by atoms with Gasteiger partial charge in [0.2, 0.25) is 6.29 Å². The Kier molecular flexibility index (Phi) is 9.15. The average molecular weight is 434 g/mol. The van der Waals surface area contributed by atoms with Gasteiger partial charge in [-0.1, -0.05) is 48.9 Å². The molecule has 0 radical (unpaired) electrons. The average Bonchev–Trinajstić information content (AvgIpc) is 2.72. The number of carbonyl (C=O) groups is 3. The maximum atomic E-state index is 12.2. The summed E-state index contributed by atoms with van der Waals surface area (Å²) in [5, 5.41) is 12.5. The molecule has 2 atom stereocenters. The summed E-state index contributed by atoms with van der Waals surface area (Å²) in [7, 11) is 0. The third kappa shape index (κ3) is 7.40. The molecular weight excluding hydrogens is 410 g/mol. The number of hydrogen-bond acceptors (Lipinski definition) is 5. The lowest BCUT2D eigenvalue weighted by Gasteiger charge is -2.19. The minimum Gasteiger partial charge on any atom is -0.481 e. The van der Waals surface area contributed by atoms with Crippen molar-refractivity contribution in [3.8, 4) is 0 Å². The zero-order chi connectivity index (χ0) is 21.9. The van der Waals surface area contributed by atoms with Crippen molar-refractivity contribution in [1.82, 2.24) is 5.32 Å². The second-order valence-corrected chi connectivity index (χ2v) is 6.99. The van der Waals surface area contributed by atoms with Crippen LogP contribution in [-0.4, -0.2) is 36.0 Å². The SMILES string of the molecule is CCCC(OC(=O)NCCC(C(=O)O)c1ccc(Cl)cc1)OC(=O)c1ccccc1. The number of aliphatic carboxylic acids is 1. The highest BCUT2D eigenvalue weighted by molar-refractivity contribution is 6.30. The molecule has 0 saturated heterocycles. The highest BCUT2D eigenvalue weighted by Gasteiger charge is 2.22. The minimum absolute atomic E-state index is 0.0733. The van der Waals surface area contributed by atoms with Crippen molar-refractivity contribution in [2.75, 3.05) is 6.54 Å². The normalized spacial score (nSPS) is 12.5. The van der Waals surface area contributed by atoms with E-state index in [0.29, 0.717) is 29.0 Å². The Morgan fingerprint density at radius 3 is 2.27 bits per heavy atom. The Bertz CT molecular complexity index is 840. The van der Waals surface area contributed by atoms with E-state index in [0.717, 1.165) is 0 Å². The molecule has 7 nitrogen and oxygen atoms in total. The standard InChI is InChI=1S/C22H24ClNO6/c1-2-6-19(29-21(27)16-7-4-3-5-8-16)30-22(28)24-14-13-18(20(25)26)15-9-11-17(23)12-10-15/h3-5,7-12,18-19H,2,6,13-14H2,1H3,(H,24,28)(H,25,26). The summed E-state index contributed by atoms with van der Waals surface area (Å²) in [5.74, 6) is -2.39. The molecule has 1 amide bonds. The highest BCUT2D eigenvalue weighted by atomic mass is 35.5. The lowest BCUT2D eigenvalue weighted by atomic mass is 9.96. The number of rotatable bonds is 10. The fraction of sp³-hybridized carbons (Fsp3) is 0.318. The van der Waals surface area contributed by atoms with Crippen molar-refractivity contribution in [3.63, 3.8) is 0 Å². The summed E-state index contributed by atoms with van der Waals surface area (Å²) < 4.78 is 10.5. The van der Waals surface area contributed by atoms with Crippen molar-refractivity contribution in [3.05, 3.63) is 70.7 Å². The number of ether oxygens (including phenoxy) is 2. The number of esters is 1. The lowest BCUT2D eigenvalue weighted by Crippen LogP contribution is -2.33. The molecule has 0 aromatic heterocycles. The molecule has 0 bridgehead atoms. The van der Waals surface area contributed by atoms with Gasteiger partial charge in [-0.3, -0.25) is 4.79 Å². The first-order valence-electron chi connectivity index (χ1n) is 9.59. The number of alkyl carbamates (subject to hydrolysis) is 1. The van der Waals surface area contributed by atoms with Crippen LogP contribution in [0.5, 0.6) is 0 Å². The second kappa shape index (κ2) is 11.8. The molecule has 2 N–H and O–H groups in total. The molecule has 2 unspecified atom stereocenters. The monoisotopic (exact) mass is 433 g/mol. The van der Waals surface area contributed by atoms with E-state index in [-0.39, 0.29) is 13.0 Å². The molecule has 0 saturated carbocycles. The second-order valence-electron chi connectivity index (χ2n) is 6.55. The van der Waals surface area contributed by atoms with Gasteiger partial charge in [0, 0.05) is 18.0 Å². The van der Waals surface area contributed by atoms with Crippen molar-refractivity contribution in [2.24, 2.45) is 0 Å². The number of nitrogens with one attached hydrogen (secondary N) is 1. The summed E-state index contributed by atoms with van der Waals surface area (Å²) in [5.41, 5.74) is 0.942. The van der Waals surface area contributed by atoms with Crippen LogP contribution in [0.15, 0.2) is 54.6 Å². The van der Waals surface area contributed by atoms with E-state index in [9.17, 15) is 19.5 Å². The van der Waals surface area contributed by atoms with Gasteiger partial charge in [0.1, 0.15) is 0 Å². The fourth-order valence-electron chi connectivity index (χ4n) is 2.75. The first kappa shape index (κ1) is 23.2. The topological polar surface area (TPSA) is 102 Å². The number of carbonyl (C=O) groups excluding carboxylic acids is 2. The fourth-order valence-corrected chi connectivity index (χ4v) is 2.87. The number of halogens is 1. The van der Waals surface area contributed by atoms with E-state index >= 15 is 0 Å². The van der Waals surface area contributed by atoms with E-state index in [1.807, 2.05) is 6.92 Å². The minimum atomic E-state index is -1.03. The van der Waals surface area contributed by atoms with Gasteiger partial charge in [0.05, 0.1) is 11.5 Å². The summed E-state index contributed by atoms with van der Waals surface area (Å²) in [4.78, 5) is 35.8. The summed E-state index contributed by atoms with van der Waals surface area (Å²) in [6, 6.07) is 14.9. The molecule has 2 aromatic rings. The molecule has 0 spiro atoms. The van der Waals surface area contributed by atoms with Crippen LogP contribution in [0.2, 0.25) is 5.02 Å². The van der Waals surface area contributed by atoms with Gasteiger partial charge in [-0.2, -0.15) is 0 Å². The number of amides is 1. The predicted octanol–water partition coefficient (Wildman–Crippen LogP) is 4.61. The quantitative estimate of drug-likeness (QED) is 0.419. The summed E-state index contributed by atoms with van der Waals surface area (Å²) in [6.07, 6.45) is -0.677. The zero-order valence-corrected chi connectivity index (χ0v) is 17.3. The van der Waals surface area contributed by atoms with Crippen LogP contribution in [0.3, 0.4) is 0 Å². The molecular formula is C22H24ClNO6. The lowest BCUT2D eigenvalue weighted by molar-refractivity contribution is -0.139. The smallest absolute Gasteiger partial charge is 0.410 e. The third-order valence-corrected chi connectivity index (χ3v) is 4.54. The van der Waals surface area contributed by atoms with Gasteiger partial charge in [-0.25, -0.2) is 9.59 Å².